The Morgan fingerprint density at radius 1 is 0.776 bits per heavy atom. The number of aromatic nitrogens is 4. The van der Waals surface area contributed by atoms with Crippen molar-refractivity contribution >= 4 is 46.1 Å². The largest absolute Gasteiger partial charge is 1.00 e. The van der Waals surface area contributed by atoms with Crippen LogP contribution in [-0.4, -0.2) is 92.3 Å². The van der Waals surface area contributed by atoms with Gasteiger partial charge in [-0.15, -0.1) is 0 Å². The van der Waals surface area contributed by atoms with E-state index in [2.05, 4.69) is 69.5 Å². The van der Waals surface area contributed by atoms with E-state index in [4.69, 9.17) is 34.5 Å². The van der Waals surface area contributed by atoms with Crippen LogP contribution in [0.15, 0.2) is 72.1 Å². The number of ether oxygens (including phenoxy) is 3. The third-order valence-electron chi connectivity index (χ3n) is 8.32. The van der Waals surface area contributed by atoms with Crippen LogP contribution in [0.4, 0.5) is 0 Å². The van der Waals surface area contributed by atoms with E-state index in [9.17, 15) is 14.7 Å². The van der Waals surface area contributed by atoms with E-state index in [1.165, 1.54) is 41.1 Å². The number of hydrogen-bond acceptors (Lipinski definition) is 13. The number of hydrogen-bond donors (Lipinski definition) is 3. The topological polar surface area (TPSA) is 208 Å². The second-order valence-electron chi connectivity index (χ2n) is 12.5. The zero-order chi connectivity index (χ0) is 40.3. The number of benzene rings is 2. The Labute approximate surface area is 434 Å². The molecule has 0 aliphatic carbocycles. The van der Waals surface area contributed by atoms with Gasteiger partial charge in [-0.1, -0.05) is 35.5 Å². The van der Waals surface area contributed by atoms with Crippen LogP contribution in [0, 0.1) is 0 Å². The molecule has 2 aliphatic rings. The summed E-state index contributed by atoms with van der Waals surface area (Å²) in [5, 5.41) is 45.7. The molecule has 3 N–H and O–H groups in total. The molecule has 0 unspecified atom stereocenters. The molecule has 15 nitrogen and oxygen atoms in total. The van der Waals surface area contributed by atoms with Crippen molar-refractivity contribution in [3.8, 4) is 23.0 Å². The van der Waals surface area contributed by atoms with E-state index in [0.717, 1.165) is 41.6 Å². The Kier molecular flexibility index (Phi) is 29.0. The zero-order valence-electron chi connectivity index (χ0n) is 34.1. The van der Waals surface area contributed by atoms with Gasteiger partial charge in [0.25, 0.3) is 6.47 Å². The summed E-state index contributed by atoms with van der Waals surface area (Å²) >= 11 is 3.56. The van der Waals surface area contributed by atoms with Crippen LogP contribution in [-0.2, 0) is 19.2 Å². The molecule has 0 bridgehead atoms. The Morgan fingerprint density at radius 2 is 1.21 bits per heavy atom. The third-order valence-corrected chi connectivity index (χ3v) is 9.00. The van der Waals surface area contributed by atoms with Crippen molar-refractivity contribution in [3.63, 3.8) is 0 Å². The molecule has 18 heteroatoms. The van der Waals surface area contributed by atoms with E-state index in [0.29, 0.717) is 50.8 Å². The van der Waals surface area contributed by atoms with Gasteiger partial charge in [-0.05, 0) is 88.1 Å². The summed E-state index contributed by atoms with van der Waals surface area (Å²) in [6.45, 7) is 11.3. The number of carbonyl (C=O) groups is 3. The smallest absolute Gasteiger partial charge is 1.00 e. The quantitative estimate of drug-likeness (QED) is 0.0612. The summed E-state index contributed by atoms with van der Waals surface area (Å²) in [6.07, 6.45) is 6.44. The van der Waals surface area contributed by atoms with Crippen molar-refractivity contribution in [2.24, 2.45) is 0 Å². The summed E-state index contributed by atoms with van der Waals surface area (Å²) in [6, 6.07) is 13.6. The average Bonchev–Trinajstić information content (AvgIpc) is 3.89. The normalized spacial score (nSPS) is 13.1. The van der Waals surface area contributed by atoms with Crippen molar-refractivity contribution in [1.82, 2.24) is 19.6 Å². The fourth-order valence-corrected chi connectivity index (χ4v) is 6.21. The molecule has 6 rings (SSSR count). The molecule has 2 aliphatic heterocycles. The molecular formula is C40H51BrK2N4O11. The van der Waals surface area contributed by atoms with Crippen LogP contribution in [0.3, 0.4) is 0 Å². The maximum absolute atomic E-state index is 11.2. The van der Waals surface area contributed by atoms with Gasteiger partial charge in [0.2, 0.25) is 0 Å². The minimum Gasteiger partial charge on any atom is -1.00 e. The Balaban J connectivity index is 0. The number of alkyl halides is 1. The molecule has 0 saturated heterocycles. The van der Waals surface area contributed by atoms with Gasteiger partial charge in [0.15, 0.2) is 12.6 Å². The molecule has 0 saturated carbocycles. The van der Waals surface area contributed by atoms with Crippen LogP contribution in [0.1, 0.15) is 93.6 Å². The summed E-state index contributed by atoms with van der Waals surface area (Å²) in [5.74, 6) is -0.0951. The molecule has 0 fully saturated rings. The van der Waals surface area contributed by atoms with Crippen molar-refractivity contribution in [2.45, 2.75) is 60.0 Å². The number of phenolic OH excluding ortho intramolecular Hbond substituents is 3. The van der Waals surface area contributed by atoms with Gasteiger partial charge in [-0.2, -0.15) is 10.2 Å². The Morgan fingerprint density at radius 3 is 1.62 bits per heavy atom. The van der Waals surface area contributed by atoms with E-state index in [1.807, 2.05) is 16.9 Å². The second kappa shape index (κ2) is 30.1. The third kappa shape index (κ3) is 16.4. The van der Waals surface area contributed by atoms with E-state index in [1.54, 1.807) is 18.3 Å². The first-order valence-corrected chi connectivity index (χ1v) is 18.4. The number of halogens is 1. The molecule has 0 spiro atoms. The fourth-order valence-electron chi connectivity index (χ4n) is 5.59. The van der Waals surface area contributed by atoms with Crippen molar-refractivity contribution in [1.29, 1.82) is 0 Å². The molecule has 58 heavy (non-hydrogen) atoms. The predicted octanol–water partition coefficient (Wildman–Crippen LogP) is 0.369. The first-order valence-electron chi connectivity index (χ1n) is 17.3. The molecule has 306 valence electrons. The molecule has 0 radical (unpaired) electrons. The van der Waals surface area contributed by atoms with E-state index < -0.39 is 0 Å². The zero-order valence-corrected chi connectivity index (χ0v) is 40.9. The standard InChI is InChI=1S/C19H22N2O4.C12H17BrN2O.C7H6O3.CH2O3.CH4.2K.H/c1-13(2)21-17(6-8-20-21)16-12-24-9-7-14(16)11-25-19-5-3-4-18(23)15(19)10-22;1-9(2)15-12(3-5-14-15)11-8-16-6-4-10(11)7-13;8-4-5-6(9)2-1-3-7(5)10;2-1-4-3;;;;/h3-6,8,10,13,23H,7,9,11-12H2,1-2H3;3,5,9H,4,6-8H2,1-2H3;1-4,9-10H;1,3H;1H4;;;/q;;;;;2*+1;-1/p-1. The van der Waals surface area contributed by atoms with Crippen molar-refractivity contribution in [3.05, 3.63) is 94.6 Å². The Hall–Kier alpha value is -2.02. The second-order valence-corrected chi connectivity index (χ2v) is 13.1. The maximum Gasteiger partial charge on any atom is 1.00 e. The van der Waals surface area contributed by atoms with Gasteiger partial charge in [0, 0.05) is 41.0 Å². The summed E-state index contributed by atoms with van der Waals surface area (Å²) in [7, 11) is 0. The maximum atomic E-state index is 11.2. The van der Waals surface area contributed by atoms with Crippen LogP contribution in [0.2, 0.25) is 0 Å². The number of carbonyl (C=O) groups excluding carboxylic acids is 3. The minimum absolute atomic E-state index is 0. The average molecular weight is 922 g/mol. The van der Waals surface area contributed by atoms with E-state index in [-0.39, 0.29) is 153 Å². The van der Waals surface area contributed by atoms with Gasteiger partial charge in [-0.3, -0.25) is 23.7 Å². The first kappa shape index (κ1) is 56.0. The number of aldehydes is 2. The van der Waals surface area contributed by atoms with Crippen LogP contribution in [0.25, 0.3) is 11.1 Å². The fraction of sp³-hybridized carbons (Fsp3) is 0.375. The molecule has 4 heterocycles. The molecule has 0 amide bonds. The first-order chi connectivity index (χ1) is 26.5. The SMILES string of the molecule is C.CC(C)n1nccc1C1=C(CBr)CCOC1.CC(C)n1nccc1C1=C(COc2cccc(O)c2C=O)CCOC1.O=CO[O-].O=Cc1c(O)cccc1O.[H-].[K+].[K+]. The van der Waals surface area contributed by atoms with Gasteiger partial charge in [0.1, 0.15) is 29.6 Å². The Bertz CT molecular complexity index is 1920. The number of aromatic hydroxyl groups is 3. The van der Waals surface area contributed by atoms with E-state index >= 15 is 0 Å². The summed E-state index contributed by atoms with van der Waals surface area (Å²) < 4.78 is 21.1. The van der Waals surface area contributed by atoms with Gasteiger partial charge in [0.05, 0.1) is 48.9 Å². The summed E-state index contributed by atoms with van der Waals surface area (Å²) in [5.41, 5.74) is 7.26. The predicted molar refractivity (Wildman–Crippen MR) is 213 cm³/mol. The molecule has 2 aromatic carbocycles. The van der Waals surface area contributed by atoms with Crippen LogP contribution >= 0.6 is 15.9 Å². The monoisotopic (exact) mass is 920 g/mol. The molecular weight excluding hydrogens is 871 g/mol. The van der Waals surface area contributed by atoms with Crippen molar-refractivity contribution < 1.29 is 158 Å². The molecule has 0 atom stereocenters. The minimum atomic E-state index is -0.199. The van der Waals surface area contributed by atoms with Gasteiger partial charge in [-0.25, -0.2) is 0 Å². The van der Waals surface area contributed by atoms with Gasteiger partial charge < -0.3 is 41.1 Å². The van der Waals surface area contributed by atoms with Crippen LogP contribution in [0.5, 0.6) is 23.0 Å². The van der Waals surface area contributed by atoms with Gasteiger partial charge >= 0.3 is 103 Å². The van der Waals surface area contributed by atoms with Crippen LogP contribution < -0.4 is 113 Å². The number of nitrogens with zero attached hydrogens (tertiary/aromatic N) is 4. The number of phenols is 3. The molecule has 4 aromatic rings. The summed E-state index contributed by atoms with van der Waals surface area (Å²) in [4.78, 5) is 32.6. The molecule has 2 aromatic heterocycles. The number of rotatable bonds is 11. The van der Waals surface area contributed by atoms with Crippen molar-refractivity contribution in [2.75, 3.05) is 38.4 Å².